The van der Waals surface area contributed by atoms with E-state index >= 15 is 0 Å². The molecule has 0 saturated heterocycles. The Morgan fingerprint density at radius 3 is 2.50 bits per heavy atom. The van der Waals surface area contributed by atoms with E-state index < -0.39 is 0 Å². The summed E-state index contributed by atoms with van der Waals surface area (Å²) in [5.74, 6) is 0. The Labute approximate surface area is 187 Å². The fourth-order valence-electron chi connectivity index (χ4n) is 3.67. The van der Waals surface area contributed by atoms with Crippen molar-refractivity contribution in [3.63, 3.8) is 0 Å². The Morgan fingerprint density at radius 1 is 0.938 bits per heavy atom. The summed E-state index contributed by atoms with van der Waals surface area (Å²) in [5.41, 5.74) is 4.70. The van der Waals surface area contributed by atoms with Gasteiger partial charge in [-0.2, -0.15) is 0 Å². The summed E-state index contributed by atoms with van der Waals surface area (Å²) in [7, 11) is 0. The molecule has 0 unspecified atom stereocenters. The van der Waals surface area contributed by atoms with Crippen LogP contribution in [0, 0.1) is 6.92 Å². The van der Waals surface area contributed by atoms with Gasteiger partial charge in [0.1, 0.15) is 5.58 Å². The van der Waals surface area contributed by atoms with E-state index in [4.69, 9.17) is 4.42 Å². The van der Waals surface area contributed by atoms with Crippen LogP contribution in [0.1, 0.15) is 29.2 Å². The van der Waals surface area contributed by atoms with Crippen LogP contribution in [0.15, 0.2) is 88.3 Å². The summed E-state index contributed by atoms with van der Waals surface area (Å²) >= 11 is 0. The van der Waals surface area contributed by atoms with Gasteiger partial charge in [-0.15, -0.1) is 0 Å². The predicted octanol–water partition coefficient (Wildman–Crippen LogP) is 5.90. The number of benzene rings is 3. The van der Waals surface area contributed by atoms with Gasteiger partial charge in [0.25, 0.3) is 0 Å². The number of aryl methyl sites for hydroxylation is 2. The van der Waals surface area contributed by atoms with Crippen molar-refractivity contribution in [3.8, 4) is 0 Å². The van der Waals surface area contributed by atoms with E-state index in [1.165, 1.54) is 6.26 Å². The fraction of sp³-hybridized carbons (Fsp3) is 0.185. The van der Waals surface area contributed by atoms with E-state index in [0.717, 1.165) is 28.8 Å². The molecule has 0 bridgehead atoms. The predicted molar refractivity (Wildman–Crippen MR) is 128 cm³/mol. The molecule has 0 radical (unpaired) electrons. The number of nitrogens with one attached hydrogen (secondary N) is 1. The second-order valence-corrected chi connectivity index (χ2v) is 7.92. The maximum atomic E-state index is 13.2. The molecular formula is C27H26N2O3. The second kappa shape index (κ2) is 9.52. The van der Waals surface area contributed by atoms with Gasteiger partial charge >= 0.3 is 6.03 Å². The zero-order chi connectivity index (χ0) is 22.5. The maximum absolute atomic E-state index is 13.2. The van der Waals surface area contributed by atoms with Gasteiger partial charge in [-0.05, 0) is 48.7 Å². The monoisotopic (exact) mass is 426 g/mol. The number of carbonyl (C=O) groups is 1. The summed E-state index contributed by atoms with van der Waals surface area (Å²) in [6.45, 7) is 4.51. The van der Waals surface area contributed by atoms with Gasteiger partial charge in [-0.1, -0.05) is 61.0 Å². The van der Waals surface area contributed by atoms with Crippen molar-refractivity contribution in [3.05, 3.63) is 112 Å². The molecule has 1 N–H and O–H groups in total. The lowest BCUT2D eigenvalue weighted by molar-refractivity contribution is 0.206. The third kappa shape index (κ3) is 4.89. The smallest absolute Gasteiger partial charge is 0.322 e. The molecule has 0 aliphatic carbocycles. The quantitative estimate of drug-likeness (QED) is 0.418. The van der Waals surface area contributed by atoms with E-state index in [2.05, 4.69) is 12.2 Å². The third-order valence-electron chi connectivity index (χ3n) is 5.45. The Balaban J connectivity index is 1.65. The van der Waals surface area contributed by atoms with Crippen molar-refractivity contribution in [1.29, 1.82) is 0 Å². The highest BCUT2D eigenvalue weighted by Gasteiger charge is 2.18. The summed E-state index contributed by atoms with van der Waals surface area (Å²) in [4.78, 5) is 28.0. The molecule has 5 nitrogen and oxygen atoms in total. The summed E-state index contributed by atoms with van der Waals surface area (Å²) in [6.07, 6.45) is 2.35. The molecule has 0 atom stereocenters. The van der Waals surface area contributed by atoms with Gasteiger partial charge in [0.2, 0.25) is 0 Å². The molecule has 2 amide bonds. The van der Waals surface area contributed by atoms with Gasteiger partial charge in [0, 0.05) is 12.2 Å². The van der Waals surface area contributed by atoms with Crippen LogP contribution in [0.4, 0.5) is 10.5 Å². The van der Waals surface area contributed by atoms with Crippen molar-refractivity contribution >= 4 is 22.7 Å². The third-order valence-corrected chi connectivity index (χ3v) is 5.45. The lowest BCUT2D eigenvalue weighted by Crippen LogP contribution is -2.35. The van der Waals surface area contributed by atoms with Crippen LogP contribution in [-0.4, -0.2) is 10.9 Å². The molecule has 3 aromatic carbocycles. The zero-order valence-corrected chi connectivity index (χ0v) is 18.3. The number of urea groups is 1. The van der Waals surface area contributed by atoms with Gasteiger partial charge < -0.3 is 14.6 Å². The normalized spacial score (nSPS) is 10.8. The number of hydrogen-bond donors (Lipinski definition) is 1. The molecule has 162 valence electrons. The van der Waals surface area contributed by atoms with Gasteiger partial charge in [-0.25, -0.2) is 4.79 Å². The Kier molecular flexibility index (Phi) is 6.36. The van der Waals surface area contributed by atoms with Crippen molar-refractivity contribution in [1.82, 2.24) is 4.90 Å². The van der Waals surface area contributed by atoms with Crippen LogP contribution in [0.25, 0.3) is 11.0 Å². The van der Waals surface area contributed by atoms with Crippen molar-refractivity contribution in [2.24, 2.45) is 0 Å². The first kappa shape index (κ1) is 21.4. The maximum Gasteiger partial charge on any atom is 0.322 e. The average molecular weight is 427 g/mol. The highest BCUT2D eigenvalue weighted by molar-refractivity contribution is 5.89. The molecular weight excluding hydrogens is 400 g/mol. The SMILES string of the molecule is CCc1cccc(NC(=O)N(Cc2ccccc2)Cc2coc3ccc(C)cc3c2=O)c1. The highest BCUT2D eigenvalue weighted by atomic mass is 16.3. The Morgan fingerprint density at radius 2 is 1.72 bits per heavy atom. The molecule has 0 saturated carbocycles. The first-order valence-electron chi connectivity index (χ1n) is 10.7. The van der Waals surface area contributed by atoms with Crippen molar-refractivity contribution < 1.29 is 9.21 Å². The topological polar surface area (TPSA) is 62.6 Å². The van der Waals surface area contributed by atoms with E-state index in [1.807, 2.05) is 73.7 Å². The molecule has 32 heavy (non-hydrogen) atoms. The average Bonchev–Trinajstić information content (AvgIpc) is 2.81. The van der Waals surface area contributed by atoms with Crippen LogP contribution in [0.5, 0.6) is 0 Å². The van der Waals surface area contributed by atoms with E-state index in [1.54, 1.807) is 11.0 Å². The largest absolute Gasteiger partial charge is 0.464 e. The molecule has 0 aliphatic rings. The number of anilines is 1. The number of carbonyl (C=O) groups excluding carboxylic acids is 1. The first-order chi connectivity index (χ1) is 15.5. The minimum absolute atomic E-state index is 0.117. The van der Waals surface area contributed by atoms with Crippen molar-refractivity contribution in [2.75, 3.05) is 5.32 Å². The summed E-state index contributed by atoms with van der Waals surface area (Å²) < 4.78 is 5.70. The molecule has 0 spiro atoms. The molecule has 0 aliphatic heterocycles. The van der Waals surface area contributed by atoms with Gasteiger partial charge in [-0.3, -0.25) is 4.79 Å². The lowest BCUT2D eigenvalue weighted by Gasteiger charge is -2.23. The summed E-state index contributed by atoms with van der Waals surface area (Å²) in [6, 6.07) is 22.8. The molecule has 1 aromatic heterocycles. The zero-order valence-electron chi connectivity index (χ0n) is 18.3. The van der Waals surface area contributed by atoms with Crippen molar-refractivity contribution in [2.45, 2.75) is 33.4 Å². The van der Waals surface area contributed by atoms with Crippen LogP contribution >= 0.6 is 0 Å². The standard InChI is InChI=1S/C27H26N2O3/c1-3-20-10-7-11-23(15-20)28-27(31)29(16-21-8-5-4-6-9-21)17-22-18-32-25-13-12-19(2)14-24(25)26(22)30/h4-15,18H,3,16-17H2,1-2H3,(H,28,31). The number of amides is 2. The summed E-state index contributed by atoms with van der Waals surface area (Å²) in [5, 5.41) is 3.50. The van der Waals surface area contributed by atoms with Crippen LogP contribution in [0.3, 0.4) is 0 Å². The second-order valence-electron chi connectivity index (χ2n) is 7.92. The molecule has 0 fully saturated rings. The van der Waals surface area contributed by atoms with Gasteiger partial charge in [0.15, 0.2) is 5.43 Å². The minimum Gasteiger partial charge on any atom is -0.464 e. The molecule has 4 rings (SSSR count). The fourth-order valence-corrected chi connectivity index (χ4v) is 3.67. The molecule has 4 aromatic rings. The first-order valence-corrected chi connectivity index (χ1v) is 10.7. The van der Waals surface area contributed by atoms with E-state index in [0.29, 0.717) is 23.1 Å². The molecule has 1 heterocycles. The number of hydrogen-bond acceptors (Lipinski definition) is 3. The lowest BCUT2D eigenvalue weighted by atomic mass is 10.1. The van der Waals surface area contributed by atoms with E-state index in [-0.39, 0.29) is 18.0 Å². The minimum atomic E-state index is -0.272. The number of fused-ring (bicyclic) bond motifs is 1. The Bertz CT molecular complexity index is 1300. The number of rotatable bonds is 6. The van der Waals surface area contributed by atoms with Crippen LogP contribution in [0.2, 0.25) is 0 Å². The van der Waals surface area contributed by atoms with Crippen LogP contribution in [-0.2, 0) is 19.5 Å². The van der Waals surface area contributed by atoms with Gasteiger partial charge in [0.05, 0.1) is 23.8 Å². The number of nitrogens with zero attached hydrogens (tertiary/aromatic N) is 1. The Hall–Kier alpha value is -3.86. The molecule has 5 heteroatoms. The van der Waals surface area contributed by atoms with Crippen LogP contribution < -0.4 is 10.7 Å². The highest BCUT2D eigenvalue weighted by Crippen LogP contribution is 2.17. The van der Waals surface area contributed by atoms with E-state index in [9.17, 15) is 9.59 Å².